The molecule has 1 unspecified atom stereocenters. The smallest absolute Gasteiger partial charge is 0.320 e. The van der Waals surface area contributed by atoms with Gasteiger partial charge < -0.3 is 15.8 Å². The van der Waals surface area contributed by atoms with Crippen LogP contribution in [0.3, 0.4) is 0 Å². The number of imidazole rings is 1. The normalized spacial score (nSPS) is 15.3. The Hall–Kier alpha value is -1.36. The van der Waals surface area contributed by atoms with E-state index in [-0.39, 0.29) is 6.42 Å². The first kappa shape index (κ1) is 5.31. The minimum atomic E-state index is -1.10. The number of aromatic amines is 1. The number of nitrogens with zero attached hydrogens (tertiary/aromatic N) is 1. The lowest BCUT2D eigenvalue weighted by Gasteiger charge is -2.01. The lowest BCUT2D eigenvalue weighted by Crippen LogP contribution is -2.32. The van der Waals surface area contributed by atoms with Crippen LogP contribution in [0, 0.1) is 0 Å². The summed E-state index contributed by atoms with van der Waals surface area (Å²) in [6.07, 6.45) is 2.76. The average molecular weight is 157 g/mol. The van der Waals surface area contributed by atoms with Crippen LogP contribution in [0.1, 0.15) is 5.69 Å². The molecule has 1 rings (SSSR count). The summed E-state index contributed by atoms with van der Waals surface area (Å²) in [7, 11) is 0. The fraction of sp³-hybridized carbons (Fsp3) is 0.333. The number of nitrogens with one attached hydrogen (secondary N) is 1. The number of carbonyl (C=O) groups is 1. The minimum Gasteiger partial charge on any atom is -0.480 e. The van der Waals surface area contributed by atoms with Gasteiger partial charge in [-0.15, -0.1) is 0 Å². The first-order valence-corrected chi connectivity index (χ1v) is 3.05. The Balaban J connectivity index is 2.61. The van der Waals surface area contributed by atoms with Gasteiger partial charge in [-0.2, -0.15) is 0 Å². The predicted molar refractivity (Wildman–Crippen MR) is 37.9 cm³/mol. The molecule has 0 radical (unpaired) electrons. The first-order valence-electron chi connectivity index (χ1n) is 4.00. The fourth-order valence-electron chi connectivity index (χ4n) is 0.662. The van der Waals surface area contributed by atoms with Crippen LogP contribution in [0.4, 0.5) is 0 Å². The zero-order valence-electron chi connectivity index (χ0n) is 7.69. The molecular formula is C6H9N3O2. The van der Waals surface area contributed by atoms with Crippen LogP contribution in [0.25, 0.3) is 0 Å². The van der Waals surface area contributed by atoms with Gasteiger partial charge in [-0.3, -0.25) is 4.79 Å². The third kappa shape index (κ3) is 2.05. The summed E-state index contributed by atoms with van der Waals surface area (Å²) in [5.41, 5.74) is 2.37. The van der Waals surface area contributed by atoms with Crippen LogP contribution < -0.4 is 5.73 Å². The third-order valence-corrected chi connectivity index (χ3v) is 1.23. The van der Waals surface area contributed by atoms with E-state index in [1.165, 1.54) is 12.5 Å². The molecule has 1 heterocycles. The van der Waals surface area contributed by atoms with E-state index in [4.69, 9.17) is 7.93 Å². The standard InChI is InChI=1S/C6H9N3O2/c7-5(6(10)11)1-4-2-8-3-9-4/h2-3,5H,1,7H2,(H,8,9)(H,10,11)/i/hD2. The van der Waals surface area contributed by atoms with Crippen molar-refractivity contribution in [1.82, 2.24) is 9.96 Å². The van der Waals surface area contributed by atoms with Crippen LogP contribution >= 0.6 is 0 Å². The molecule has 1 atom stereocenters. The summed E-state index contributed by atoms with van der Waals surface area (Å²) in [5, 5.41) is 8.58. The van der Waals surface area contributed by atoms with Crippen LogP contribution in [-0.4, -0.2) is 27.1 Å². The van der Waals surface area contributed by atoms with Crippen molar-refractivity contribution >= 4 is 5.97 Å². The molecule has 5 heteroatoms. The van der Waals surface area contributed by atoms with Gasteiger partial charge >= 0.3 is 5.97 Å². The Labute approximate surface area is 66.2 Å². The summed E-state index contributed by atoms with van der Waals surface area (Å²) < 4.78 is 13.8. The summed E-state index contributed by atoms with van der Waals surface area (Å²) in [6, 6.07) is -0.977. The van der Waals surface area contributed by atoms with Crippen molar-refractivity contribution in [1.29, 1.82) is 0 Å². The number of aromatic nitrogens is 2. The topological polar surface area (TPSA) is 92.0 Å². The number of aliphatic carboxylic acids is 1. The molecular weight excluding hydrogens is 146 g/mol. The average Bonchev–Trinajstić information content (AvgIpc) is 2.46. The maximum atomic E-state index is 10.5. The van der Waals surface area contributed by atoms with Crippen LogP contribution in [-0.2, 0) is 11.2 Å². The van der Waals surface area contributed by atoms with E-state index in [1.807, 2.05) is 5.73 Å². The Morgan fingerprint density at radius 3 is 3.45 bits per heavy atom. The lowest BCUT2D eigenvalue weighted by molar-refractivity contribution is -0.138. The van der Waals surface area contributed by atoms with Crippen molar-refractivity contribution in [2.75, 3.05) is 0 Å². The molecule has 1 aromatic heterocycles. The van der Waals surface area contributed by atoms with Crippen LogP contribution in [0.2, 0.25) is 2.82 Å². The van der Waals surface area contributed by atoms with Crippen LogP contribution in [0.15, 0.2) is 12.5 Å². The van der Waals surface area contributed by atoms with Gasteiger partial charge in [0, 0.05) is 12.6 Å². The highest BCUT2D eigenvalue weighted by Gasteiger charge is 2.12. The predicted octanol–water partition coefficient (Wildman–Crippen LogP) is -0.636. The third-order valence-electron chi connectivity index (χ3n) is 1.23. The lowest BCUT2D eigenvalue weighted by atomic mass is 10.2. The largest absolute Gasteiger partial charge is 0.480 e. The molecule has 60 valence electrons. The summed E-state index contributed by atoms with van der Waals surface area (Å²) >= 11 is 0. The van der Waals surface area contributed by atoms with Crippen molar-refractivity contribution < 1.29 is 12.7 Å². The molecule has 1 aromatic rings. The zero-order chi connectivity index (χ0) is 9.84. The van der Waals surface area contributed by atoms with Gasteiger partial charge in [-0.1, -0.05) is 0 Å². The molecule has 0 aliphatic heterocycles. The zero-order valence-corrected chi connectivity index (χ0v) is 5.69. The van der Waals surface area contributed by atoms with E-state index < -0.39 is 12.0 Å². The van der Waals surface area contributed by atoms with Crippen LogP contribution in [0.5, 0.6) is 0 Å². The van der Waals surface area contributed by atoms with Crippen molar-refractivity contribution in [2.45, 2.75) is 12.5 Å². The first-order chi connectivity index (χ1) is 6.13. The second-order valence-electron chi connectivity index (χ2n) is 2.11. The van der Waals surface area contributed by atoms with Crippen molar-refractivity contribution in [3.63, 3.8) is 0 Å². The van der Waals surface area contributed by atoms with E-state index >= 15 is 0 Å². The molecule has 0 aliphatic rings. The molecule has 5 nitrogen and oxygen atoms in total. The van der Waals surface area contributed by atoms with Gasteiger partial charge in [-0.25, -0.2) is 4.98 Å². The van der Waals surface area contributed by atoms with Gasteiger partial charge in [0.25, 0.3) is 0 Å². The maximum absolute atomic E-state index is 10.5. The molecule has 0 bridgehead atoms. The number of nitrogens with two attached hydrogens (primary N) is 1. The SMILES string of the molecule is [2H]NC(Cc1cn([2H])cn1)C(=O)O. The maximum Gasteiger partial charge on any atom is 0.320 e. The van der Waals surface area contributed by atoms with E-state index in [9.17, 15) is 4.79 Å². The van der Waals surface area contributed by atoms with E-state index in [1.54, 1.807) is 0 Å². The molecule has 0 aliphatic carbocycles. The van der Waals surface area contributed by atoms with Gasteiger partial charge in [0.15, 0.2) is 1.41 Å². The second kappa shape index (κ2) is 3.16. The summed E-state index contributed by atoms with van der Waals surface area (Å²) in [4.78, 5) is 15.2. The molecule has 0 spiro atoms. The number of rotatable bonds is 4. The highest BCUT2D eigenvalue weighted by molar-refractivity contribution is 5.73. The van der Waals surface area contributed by atoms with Gasteiger partial charge in [0.1, 0.15) is 7.45 Å². The highest BCUT2D eigenvalue weighted by atomic mass is 16.4. The molecule has 4 N–H and O–H groups in total. The van der Waals surface area contributed by atoms with Crippen molar-refractivity contribution in [2.24, 2.45) is 5.73 Å². The number of hydrogen-bond acceptors (Lipinski definition) is 3. The van der Waals surface area contributed by atoms with Crippen molar-refractivity contribution in [3.05, 3.63) is 18.2 Å². The summed E-state index contributed by atoms with van der Waals surface area (Å²) in [6.45, 7) is 0. The summed E-state index contributed by atoms with van der Waals surface area (Å²) in [5.74, 6) is -1.10. The molecule has 0 fully saturated rings. The number of hydrogen-bond donors (Lipinski definition) is 3. The molecule has 0 saturated carbocycles. The number of carboxylic acids is 1. The Morgan fingerprint density at radius 2 is 3.00 bits per heavy atom. The second-order valence-corrected chi connectivity index (χ2v) is 2.11. The number of H-pyrrole nitrogens is 1. The van der Waals surface area contributed by atoms with Gasteiger partial charge in [-0.05, 0) is 0 Å². The molecule has 0 saturated heterocycles. The van der Waals surface area contributed by atoms with Gasteiger partial charge in [0.05, 0.1) is 12.0 Å². The minimum absolute atomic E-state index is 0.102. The quantitative estimate of drug-likeness (QED) is 0.542. The van der Waals surface area contributed by atoms with E-state index in [0.717, 1.165) is 4.98 Å². The highest BCUT2D eigenvalue weighted by Crippen LogP contribution is 1.95. The molecule has 0 aromatic carbocycles. The molecule has 0 amide bonds. The van der Waals surface area contributed by atoms with Crippen molar-refractivity contribution in [3.8, 4) is 0 Å². The fourth-order valence-corrected chi connectivity index (χ4v) is 0.662. The van der Waals surface area contributed by atoms with E-state index in [0.29, 0.717) is 5.69 Å². The monoisotopic (exact) mass is 157 g/mol. The Bertz CT molecular complexity index is 302. The Morgan fingerprint density at radius 1 is 2.18 bits per heavy atom. The molecule has 11 heavy (non-hydrogen) atoms. The number of carboxylic acid groups (broad SMARTS) is 1. The van der Waals surface area contributed by atoms with Gasteiger partial charge in [0.2, 0.25) is 0 Å². The Kier molecular flexibility index (Phi) is 1.52. The van der Waals surface area contributed by atoms with E-state index in [2.05, 4.69) is 4.98 Å².